The van der Waals surface area contributed by atoms with Gasteiger partial charge in [0, 0.05) is 25.3 Å². The van der Waals surface area contributed by atoms with Crippen molar-refractivity contribution < 1.29 is 9.53 Å². The number of ether oxygens (including phenoxy) is 1. The van der Waals surface area contributed by atoms with Crippen molar-refractivity contribution in [2.45, 2.75) is 13.1 Å². The van der Waals surface area contributed by atoms with E-state index >= 15 is 0 Å². The second-order valence-corrected chi connectivity index (χ2v) is 5.51. The Balaban J connectivity index is 1.51. The molecule has 0 aliphatic carbocycles. The summed E-state index contributed by atoms with van der Waals surface area (Å²) in [5.41, 5.74) is 1.93. The van der Waals surface area contributed by atoms with Crippen LogP contribution in [-0.4, -0.2) is 51.9 Å². The Bertz CT molecular complexity index is 728. The number of carbonyl (C=O) groups is 1. The third kappa shape index (κ3) is 4.38. The zero-order valence-corrected chi connectivity index (χ0v) is 13.2. The van der Waals surface area contributed by atoms with Gasteiger partial charge in [-0.3, -0.25) is 9.69 Å². The summed E-state index contributed by atoms with van der Waals surface area (Å²) in [6, 6.07) is 9.61. The monoisotopic (exact) mass is 326 g/mol. The minimum atomic E-state index is -0.217. The smallest absolute Gasteiger partial charge is 0.252 e. The Morgan fingerprint density at radius 2 is 2.04 bits per heavy atom. The van der Waals surface area contributed by atoms with E-state index in [1.807, 2.05) is 30.3 Å². The Labute approximate surface area is 139 Å². The highest BCUT2D eigenvalue weighted by Gasteiger charge is 2.11. The van der Waals surface area contributed by atoms with Gasteiger partial charge in [0.25, 0.3) is 5.82 Å². The van der Waals surface area contributed by atoms with Crippen LogP contribution in [0.1, 0.15) is 11.4 Å². The molecule has 1 N–H and O–H groups in total. The summed E-state index contributed by atoms with van der Waals surface area (Å²) in [5.74, 6) is -0.166. The highest BCUT2D eigenvalue weighted by Crippen LogP contribution is 2.12. The van der Waals surface area contributed by atoms with Gasteiger partial charge in [-0.1, -0.05) is 12.1 Å². The maximum absolute atomic E-state index is 12.0. The molecule has 1 saturated heterocycles. The SMILES string of the molecule is N#Cc1ncn(CC(=O)Nc2ccc(CN3CCOCC3)cc2)n1. The van der Waals surface area contributed by atoms with Crippen LogP contribution in [0.4, 0.5) is 5.69 Å². The van der Waals surface area contributed by atoms with E-state index in [0.717, 1.165) is 38.5 Å². The van der Waals surface area contributed by atoms with Gasteiger partial charge in [-0.25, -0.2) is 9.67 Å². The van der Waals surface area contributed by atoms with Gasteiger partial charge in [0.05, 0.1) is 13.2 Å². The van der Waals surface area contributed by atoms with Crippen molar-refractivity contribution in [3.8, 4) is 6.07 Å². The summed E-state index contributed by atoms with van der Waals surface area (Å²) in [7, 11) is 0. The van der Waals surface area contributed by atoms with Crippen LogP contribution in [0, 0.1) is 11.3 Å². The van der Waals surface area contributed by atoms with Gasteiger partial charge in [0.2, 0.25) is 5.91 Å². The van der Waals surface area contributed by atoms with Crippen molar-refractivity contribution in [3.63, 3.8) is 0 Å². The van der Waals surface area contributed by atoms with E-state index in [-0.39, 0.29) is 18.3 Å². The first-order valence-corrected chi connectivity index (χ1v) is 7.71. The number of carbonyl (C=O) groups excluding carboxylic acids is 1. The van der Waals surface area contributed by atoms with Crippen LogP contribution < -0.4 is 5.32 Å². The van der Waals surface area contributed by atoms with Gasteiger partial charge in [0.1, 0.15) is 18.9 Å². The van der Waals surface area contributed by atoms with Crippen LogP contribution in [0.25, 0.3) is 0 Å². The summed E-state index contributed by atoms with van der Waals surface area (Å²) in [6.45, 7) is 4.35. The van der Waals surface area contributed by atoms with E-state index < -0.39 is 0 Å². The van der Waals surface area contributed by atoms with Crippen molar-refractivity contribution in [1.82, 2.24) is 19.7 Å². The molecule has 1 aromatic carbocycles. The Morgan fingerprint density at radius 3 is 2.71 bits per heavy atom. The molecule has 1 aliphatic heterocycles. The first-order chi connectivity index (χ1) is 11.7. The standard InChI is InChI=1S/C16H18N6O2/c17-9-15-18-12-22(20-15)11-16(23)19-14-3-1-13(2-4-14)10-21-5-7-24-8-6-21/h1-4,12H,5-8,10-11H2,(H,19,23). The quantitative estimate of drug-likeness (QED) is 0.865. The van der Waals surface area contributed by atoms with E-state index in [2.05, 4.69) is 20.3 Å². The molecule has 1 amide bonds. The molecule has 0 bridgehead atoms. The molecule has 124 valence electrons. The second kappa shape index (κ2) is 7.68. The fourth-order valence-corrected chi connectivity index (χ4v) is 2.48. The Morgan fingerprint density at radius 1 is 1.29 bits per heavy atom. The number of nitrogens with one attached hydrogen (secondary N) is 1. The van der Waals surface area contributed by atoms with Gasteiger partial charge in [-0.15, -0.1) is 5.10 Å². The van der Waals surface area contributed by atoms with E-state index in [1.165, 1.54) is 16.6 Å². The number of nitrogens with zero attached hydrogens (tertiary/aromatic N) is 5. The summed E-state index contributed by atoms with van der Waals surface area (Å²) < 4.78 is 6.67. The molecule has 0 radical (unpaired) electrons. The number of amides is 1. The largest absolute Gasteiger partial charge is 0.379 e. The van der Waals surface area contributed by atoms with E-state index in [4.69, 9.17) is 10.00 Å². The molecule has 1 fully saturated rings. The van der Waals surface area contributed by atoms with Crippen LogP contribution in [0.15, 0.2) is 30.6 Å². The lowest BCUT2D eigenvalue weighted by atomic mass is 10.2. The predicted octanol–water partition coefficient (Wildman–Crippen LogP) is 0.621. The Kier molecular flexibility index (Phi) is 5.15. The number of anilines is 1. The van der Waals surface area contributed by atoms with E-state index in [0.29, 0.717) is 0 Å². The summed E-state index contributed by atoms with van der Waals surface area (Å²) in [5, 5.41) is 15.3. The summed E-state index contributed by atoms with van der Waals surface area (Å²) >= 11 is 0. The average molecular weight is 326 g/mol. The fraction of sp³-hybridized carbons (Fsp3) is 0.375. The zero-order valence-electron chi connectivity index (χ0n) is 13.2. The van der Waals surface area contributed by atoms with Crippen LogP contribution >= 0.6 is 0 Å². The molecule has 8 nitrogen and oxygen atoms in total. The van der Waals surface area contributed by atoms with Gasteiger partial charge >= 0.3 is 0 Å². The van der Waals surface area contributed by atoms with Crippen molar-refractivity contribution >= 4 is 11.6 Å². The highest BCUT2D eigenvalue weighted by atomic mass is 16.5. The molecule has 2 aromatic rings. The minimum Gasteiger partial charge on any atom is -0.379 e. The fourth-order valence-electron chi connectivity index (χ4n) is 2.48. The maximum atomic E-state index is 12.0. The van der Waals surface area contributed by atoms with Gasteiger partial charge in [0.15, 0.2) is 0 Å². The number of morpholine rings is 1. The molecule has 1 aliphatic rings. The lowest BCUT2D eigenvalue weighted by molar-refractivity contribution is -0.116. The summed E-state index contributed by atoms with van der Waals surface area (Å²) in [4.78, 5) is 18.1. The van der Waals surface area contributed by atoms with Crippen molar-refractivity contribution in [1.29, 1.82) is 5.26 Å². The first kappa shape index (κ1) is 16.1. The number of benzene rings is 1. The molecule has 0 atom stereocenters. The normalized spacial score (nSPS) is 15.0. The van der Waals surface area contributed by atoms with Crippen LogP contribution in [0.3, 0.4) is 0 Å². The van der Waals surface area contributed by atoms with Crippen molar-refractivity contribution in [2.24, 2.45) is 0 Å². The Hall–Kier alpha value is -2.76. The molecule has 24 heavy (non-hydrogen) atoms. The minimum absolute atomic E-state index is 0.0181. The molecule has 0 unspecified atom stereocenters. The van der Waals surface area contributed by atoms with Crippen LogP contribution in [0.2, 0.25) is 0 Å². The molecule has 2 heterocycles. The molecule has 8 heteroatoms. The molecule has 3 rings (SSSR count). The van der Waals surface area contributed by atoms with Gasteiger partial charge in [-0.05, 0) is 17.7 Å². The number of nitriles is 1. The topological polar surface area (TPSA) is 96.1 Å². The third-order valence-corrected chi connectivity index (χ3v) is 3.69. The molecule has 0 saturated carbocycles. The van der Waals surface area contributed by atoms with Crippen molar-refractivity contribution in [2.75, 3.05) is 31.6 Å². The zero-order chi connectivity index (χ0) is 16.8. The predicted molar refractivity (Wildman–Crippen MR) is 85.9 cm³/mol. The van der Waals surface area contributed by atoms with Crippen LogP contribution in [-0.2, 0) is 22.6 Å². The molecule has 1 aromatic heterocycles. The lowest BCUT2D eigenvalue weighted by Crippen LogP contribution is -2.35. The molecular weight excluding hydrogens is 308 g/mol. The number of hydrogen-bond donors (Lipinski definition) is 1. The first-order valence-electron chi connectivity index (χ1n) is 7.71. The van der Waals surface area contributed by atoms with Crippen molar-refractivity contribution in [3.05, 3.63) is 42.0 Å². The van der Waals surface area contributed by atoms with Gasteiger partial charge in [-0.2, -0.15) is 5.26 Å². The van der Waals surface area contributed by atoms with Crippen LogP contribution in [0.5, 0.6) is 0 Å². The maximum Gasteiger partial charge on any atom is 0.252 e. The average Bonchev–Trinajstić information content (AvgIpc) is 3.05. The van der Waals surface area contributed by atoms with E-state index in [9.17, 15) is 4.79 Å². The van der Waals surface area contributed by atoms with E-state index in [1.54, 1.807) is 0 Å². The molecule has 0 spiro atoms. The number of hydrogen-bond acceptors (Lipinski definition) is 6. The second-order valence-electron chi connectivity index (χ2n) is 5.51. The third-order valence-electron chi connectivity index (χ3n) is 3.69. The summed E-state index contributed by atoms with van der Waals surface area (Å²) in [6.07, 6.45) is 1.36. The molecular formula is C16H18N6O2. The van der Waals surface area contributed by atoms with Gasteiger partial charge < -0.3 is 10.1 Å². The number of rotatable bonds is 5. The number of aromatic nitrogens is 3. The highest BCUT2D eigenvalue weighted by molar-refractivity contribution is 5.90. The lowest BCUT2D eigenvalue weighted by Gasteiger charge is -2.26.